The molecule has 0 aliphatic heterocycles. The maximum atomic E-state index is 12.6. The van der Waals surface area contributed by atoms with Gasteiger partial charge in [-0.15, -0.1) is 0 Å². The number of rotatable bonds is 11. The van der Waals surface area contributed by atoms with Gasteiger partial charge in [-0.1, -0.05) is 20.1 Å². The SMILES string of the molecule is C.C=CCOc1cc(OS(=O)(=O)C(F)(F)F)c(C)c(C(=O)OC)c1C(=O)OC.COC(=O)c1c(O)cc(OS(=O)(=O)C(F)(F)F)c(C)c1C(=O)OC. The summed E-state index contributed by atoms with van der Waals surface area (Å²) in [6.07, 6.45) is 1.24. The average molecular weight is 801 g/mol. The first-order valence-electron chi connectivity index (χ1n) is 12.9. The van der Waals surface area contributed by atoms with Gasteiger partial charge in [-0.25, -0.2) is 19.2 Å². The molecule has 292 valence electrons. The number of phenols is 1. The van der Waals surface area contributed by atoms with Crippen molar-refractivity contribution in [2.24, 2.45) is 0 Å². The van der Waals surface area contributed by atoms with Crippen molar-refractivity contribution < 1.29 is 99.5 Å². The van der Waals surface area contributed by atoms with Gasteiger partial charge in [-0.2, -0.15) is 43.2 Å². The van der Waals surface area contributed by atoms with E-state index in [1.54, 1.807) is 0 Å². The van der Waals surface area contributed by atoms with Crippen LogP contribution in [0.5, 0.6) is 23.0 Å². The number of ether oxygens (including phenoxy) is 5. The Hall–Kier alpha value is -5.26. The summed E-state index contributed by atoms with van der Waals surface area (Å²) in [5.74, 6) is -7.99. The highest BCUT2D eigenvalue weighted by Gasteiger charge is 2.50. The van der Waals surface area contributed by atoms with Gasteiger partial charge < -0.3 is 37.2 Å². The van der Waals surface area contributed by atoms with E-state index < -0.39 is 112 Å². The largest absolute Gasteiger partial charge is 0.534 e. The van der Waals surface area contributed by atoms with E-state index in [0.717, 1.165) is 48.4 Å². The van der Waals surface area contributed by atoms with E-state index in [0.29, 0.717) is 6.07 Å². The number of carbonyl (C=O) groups excluding carboxylic acids is 4. The van der Waals surface area contributed by atoms with Gasteiger partial charge in [0.05, 0.1) is 39.6 Å². The second-order valence-corrected chi connectivity index (χ2v) is 12.1. The van der Waals surface area contributed by atoms with E-state index >= 15 is 0 Å². The maximum absolute atomic E-state index is 12.6. The zero-order valence-electron chi connectivity index (χ0n) is 26.8. The van der Waals surface area contributed by atoms with E-state index in [2.05, 4.69) is 33.9 Å². The van der Waals surface area contributed by atoms with E-state index in [9.17, 15) is 67.5 Å². The number of carbonyl (C=O) groups is 4. The summed E-state index contributed by atoms with van der Waals surface area (Å²) in [7, 11) is -8.32. The summed E-state index contributed by atoms with van der Waals surface area (Å²) in [5, 5.41) is 9.78. The number of aromatic hydroxyl groups is 1. The zero-order valence-corrected chi connectivity index (χ0v) is 28.4. The highest BCUT2D eigenvalue weighted by molar-refractivity contribution is 7.88. The molecule has 0 bridgehead atoms. The van der Waals surface area contributed by atoms with Crippen LogP contribution in [0.15, 0.2) is 24.8 Å². The Morgan fingerprint density at radius 2 is 0.981 bits per heavy atom. The minimum Gasteiger partial charge on any atom is -0.507 e. The van der Waals surface area contributed by atoms with Crippen molar-refractivity contribution in [2.45, 2.75) is 32.3 Å². The predicted octanol–water partition coefficient (Wildman–Crippen LogP) is 4.50. The normalized spacial score (nSPS) is 11.4. The van der Waals surface area contributed by atoms with Crippen LogP contribution in [0.25, 0.3) is 0 Å². The van der Waals surface area contributed by atoms with Crippen molar-refractivity contribution in [3.8, 4) is 23.0 Å². The molecular weight excluding hydrogens is 770 g/mol. The molecule has 16 nitrogen and oxygen atoms in total. The highest BCUT2D eigenvalue weighted by atomic mass is 32.2. The van der Waals surface area contributed by atoms with Gasteiger partial charge in [-0.3, -0.25) is 0 Å². The monoisotopic (exact) mass is 800 g/mol. The fourth-order valence-corrected chi connectivity index (χ4v) is 4.58. The second kappa shape index (κ2) is 17.8. The van der Waals surface area contributed by atoms with E-state index in [1.807, 2.05) is 0 Å². The number of benzene rings is 2. The van der Waals surface area contributed by atoms with Crippen LogP contribution in [-0.4, -0.2) is 91.9 Å². The molecule has 0 unspecified atom stereocenters. The highest BCUT2D eigenvalue weighted by Crippen LogP contribution is 2.38. The molecule has 52 heavy (non-hydrogen) atoms. The Morgan fingerprint density at radius 1 is 0.654 bits per heavy atom. The van der Waals surface area contributed by atoms with Crippen LogP contribution in [0, 0.1) is 13.8 Å². The lowest BCUT2D eigenvalue weighted by Gasteiger charge is -2.18. The summed E-state index contributed by atoms with van der Waals surface area (Å²) in [6.45, 7) is 5.21. The first-order chi connectivity index (χ1) is 23.3. The molecule has 2 aromatic rings. The van der Waals surface area contributed by atoms with Crippen LogP contribution < -0.4 is 13.1 Å². The fraction of sp³-hybridized carbons (Fsp3) is 0.357. The molecule has 0 fully saturated rings. The lowest BCUT2D eigenvalue weighted by Crippen LogP contribution is -2.28. The van der Waals surface area contributed by atoms with Crippen LogP contribution in [0.2, 0.25) is 0 Å². The molecule has 2 aromatic carbocycles. The molecule has 0 aliphatic rings. The van der Waals surface area contributed by atoms with Crippen molar-refractivity contribution in [3.63, 3.8) is 0 Å². The van der Waals surface area contributed by atoms with E-state index in [4.69, 9.17) is 4.74 Å². The second-order valence-electron chi connectivity index (χ2n) is 9.05. The maximum Gasteiger partial charge on any atom is 0.534 e. The summed E-state index contributed by atoms with van der Waals surface area (Å²) >= 11 is 0. The minimum atomic E-state index is -6.06. The van der Waals surface area contributed by atoms with Gasteiger partial charge in [-0.05, 0) is 13.8 Å². The summed E-state index contributed by atoms with van der Waals surface area (Å²) in [6, 6.07) is 1.16. The first kappa shape index (κ1) is 46.7. The molecule has 1 N–H and O–H groups in total. The topological polar surface area (TPSA) is 221 Å². The van der Waals surface area contributed by atoms with E-state index in [-0.39, 0.29) is 14.0 Å². The molecular formula is C28H30F6O16S2. The Balaban J connectivity index is 0.000000988. The molecule has 0 atom stereocenters. The van der Waals surface area contributed by atoms with Crippen molar-refractivity contribution >= 4 is 44.1 Å². The molecule has 0 aromatic heterocycles. The molecule has 0 saturated carbocycles. The molecule has 0 saturated heterocycles. The third-order valence-corrected chi connectivity index (χ3v) is 7.83. The lowest BCUT2D eigenvalue weighted by atomic mass is 9.99. The number of esters is 4. The molecule has 0 aliphatic carbocycles. The summed E-state index contributed by atoms with van der Waals surface area (Å²) in [4.78, 5) is 47.6. The van der Waals surface area contributed by atoms with Crippen LogP contribution in [0.1, 0.15) is 60.0 Å². The van der Waals surface area contributed by atoms with Gasteiger partial charge in [0.15, 0.2) is 0 Å². The molecule has 0 spiro atoms. The van der Waals surface area contributed by atoms with Crippen LogP contribution >= 0.6 is 0 Å². The number of halogens is 6. The quantitative estimate of drug-likeness (QED) is 0.0825. The van der Waals surface area contributed by atoms with Gasteiger partial charge in [0.1, 0.15) is 40.7 Å². The molecule has 2 rings (SSSR count). The van der Waals surface area contributed by atoms with Gasteiger partial charge in [0.2, 0.25) is 0 Å². The van der Waals surface area contributed by atoms with Crippen molar-refractivity contribution in [1.29, 1.82) is 0 Å². The molecule has 0 radical (unpaired) electrons. The van der Waals surface area contributed by atoms with Gasteiger partial charge in [0.25, 0.3) is 0 Å². The number of methoxy groups -OCH3 is 4. The standard InChI is InChI=1S/C15H15F3O8S.C12H11F3O8S.CH4/c1-5-6-25-10-7-9(26-27(21,22)15(16,17)18)8(2)11(13(19)23-3)12(10)14(20)24-4;1-5-7(23-24(19,20)12(13,14)15)4-6(16)9(11(18)22-3)8(5)10(17)21-2;/h5,7H,1,6H2,2-4H3;4,16H,1-3H3;1H4. The zero-order chi connectivity index (χ0) is 39.9. The molecule has 24 heteroatoms. The van der Waals surface area contributed by atoms with Crippen molar-refractivity contribution in [2.75, 3.05) is 35.0 Å². The molecule has 0 heterocycles. The van der Waals surface area contributed by atoms with Crippen molar-refractivity contribution in [3.05, 3.63) is 58.2 Å². The molecule has 0 amide bonds. The number of alkyl halides is 6. The lowest BCUT2D eigenvalue weighted by molar-refractivity contribution is -0.0505. The third-order valence-electron chi connectivity index (χ3n) is 5.90. The average Bonchev–Trinajstić information content (AvgIpc) is 3.03. The Kier molecular flexibility index (Phi) is 16.0. The van der Waals surface area contributed by atoms with Crippen LogP contribution in [-0.2, 0) is 39.2 Å². The van der Waals surface area contributed by atoms with Crippen LogP contribution in [0.4, 0.5) is 26.3 Å². The minimum absolute atomic E-state index is 0. The number of hydrogen-bond acceptors (Lipinski definition) is 16. The Labute approximate surface area is 292 Å². The van der Waals surface area contributed by atoms with Crippen LogP contribution in [0.3, 0.4) is 0 Å². The first-order valence-corrected chi connectivity index (χ1v) is 15.7. The smallest absolute Gasteiger partial charge is 0.507 e. The van der Waals surface area contributed by atoms with Gasteiger partial charge in [0, 0.05) is 23.3 Å². The predicted molar refractivity (Wildman–Crippen MR) is 163 cm³/mol. The van der Waals surface area contributed by atoms with Crippen molar-refractivity contribution in [1.82, 2.24) is 0 Å². The third kappa shape index (κ3) is 10.4. The summed E-state index contributed by atoms with van der Waals surface area (Å²) < 4.78 is 151. The summed E-state index contributed by atoms with van der Waals surface area (Å²) in [5.41, 5.74) is -14.8. The van der Waals surface area contributed by atoms with E-state index in [1.165, 1.54) is 6.08 Å². The number of hydrogen-bond donors (Lipinski definition) is 1. The Bertz CT molecular complexity index is 1920. The fourth-order valence-electron chi connectivity index (χ4n) is 3.57. The van der Waals surface area contributed by atoms with Gasteiger partial charge >= 0.3 is 55.1 Å². The Morgan fingerprint density at radius 3 is 1.33 bits per heavy atom. The number of phenolic OH excluding ortho intramolecular Hbond substituents is 1.